The number of sulfone groups is 1. The van der Waals surface area contributed by atoms with E-state index in [0.29, 0.717) is 64.4 Å². The first kappa shape index (κ1) is 40.6. The summed E-state index contributed by atoms with van der Waals surface area (Å²) in [4.78, 5) is 31.8. The van der Waals surface area contributed by atoms with Gasteiger partial charge in [0.15, 0.2) is 0 Å². The number of carbonyl (C=O) groups excluding carboxylic acids is 2. The summed E-state index contributed by atoms with van der Waals surface area (Å²) in [7, 11) is -0.910. The highest BCUT2D eigenvalue weighted by Crippen LogP contribution is 2.35. The molecule has 55 heavy (non-hydrogen) atoms. The summed E-state index contributed by atoms with van der Waals surface area (Å²) < 4.78 is 33.5. The van der Waals surface area contributed by atoms with Crippen molar-refractivity contribution in [1.82, 2.24) is 15.2 Å². The van der Waals surface area contributed by atoms with Crippen LogP contribution in [0, 0.1) is 6.92 Å². The number of fused-ring (bicyclic) bond motifs is 1. The molecule has 5 rings (SSSR count). The van der Waals surface area contributed by atoms with Gasteiger partial charge in [0.2, 0.25) is 9.84 Å². The van der Waals surface area contributed by atoms with Crippen LogP contribution in [0.3, 0.4) is 0 Å². The summed E-state index contributed by atoms with van der Waals surface area (Å²) in [6.07, 6.45) is 3.99. The number of hydrogen-bond donors (Lipinski definition) is 6. The molecule has 5 aromatic rings. The number of nitrogens with two attached hydrogens (primary N) is 1. The number of nitrogens with one attached hydrogen (secondary N) is 2. The number of primary amides is 1. The molecule has 14 heteroatoms. The highest BCUT2D eigenvalue weighted by molar-refractivity contribution is 7.91. The van der Waals surface area contributed by atoms with E-state index in [2.05, 4.69) is 15.6 Å². The monoisotopic (exact) mass is 769 g/mol. The molecule has 1 aromatic heterocycles. The first-order valence-electron chi connectivity index (χ1n) is 17.9. The van der Waals surface area contributed by atoms with Gasteiger partial charge in [0.05, 0.1) is 46.4 Å². The Labute approximate surface area is 320 Å². The van der Waals surface area contributed by atoms with Crippen LogP contribution < -0.4 is 21.1 Å². The molecule has 4 aromatic carbocycles. The number of ether oxygens (including phenoxy) is 1. The molecule has 0 fully saturated rings. The number of aromatic hydroxyl groups is 1. The number of rotatable bonds is 18. The largest absolute Gasteiger partial charge is 0.508 e. The number of nitrogens with zero attached hydrogens (tertiary/aromatic N) is 2. The molecule has 0 spiro atoms. The number of pyridine rings is 1. The lowest BCUT2D eigenvalue weighted by molar-refractivity contribution is 0.0792. The summed E-state index contributed by atoms with van der Waals surface area (Å²) in [5, 5.41) is 36.3. The van der Waals surface area contributed by atoms with E-state index in [-0.39, 0.29) is 39.2 Å². The van der Waals surface area contributed by atoms with Gasteiger partial charge in [0, 0.05) is 54.6 Å². The number of anilines is 2. The Hall–Kier alpha value is -5.54. The summed E-state index contributed by atoms with van der Waals surface area (Å²) in [6, 6.07) is 20.6. The third kappa shape index (κ3) is 9.77. The van der Waals surface area contributed by atoms with E-state index in [4.69, 9.17) is 10.5 Å². The first-order valence-corrected chi connectivity index (χ1v) is 19.4. The van der Waals surface area contributed by atoms with Crippen LogP contribution >= 0.6 is 0 Å². The summed E-state index contributed by atoms with van der Waals surface area (Å²) >= 11 is 0. The molecule has 2 amide bonds. The Morgan fingerprint density at radius 1 is 0.964 bits per heavy atom. The maximum absolute atomic E-state index is 14.1. The SMILES string of the molecule is COc1cccc(Nc2c(C(N)=O)cnc3c(C)cc(S(=O)(=O)c4cccc(C(=O)N(C)CCCCCCNC[C@H](O)c5ccc(O)c(CO)c5)c4)cc23)c1. The van der Waals surface area contributed by atoms with Crippen molar-refractivity contribution in [3.05, 3.63) is 113 Å². The van der Waals surface area contributed by atoms with Gasteiger partial charge in [-0.3, -0.25) is 14.6 Å². The standard InChI is InChI=1S/C41H47N5O8S/c1-26-18-33(22-34-38(26)44-23-35(40(42)50)39(34)45-30-11-9-12-31(21-30)54-3)55(52,53)32-13-8-10-28(20-32)41(51)46(2)17-7-5-4-6-16-43-24-37(49)27-14-15-36(48)29(19-27)25-47/h8-15,18-23,37,43,47-49H,4-7,16-17,24-25H2,1-3H3,(H2,42,50)(H,44,45)/t37-/m0/s1. The van der Waals surface area contributed by atoms with Crippen molar-refractivity contribution in [3.63, 3.8) is 0 Å². The average Bonchev–Trinajstić information content (AvgIpc) is 3.18. The number of aryl methyl sites for hydroxylation is 1. The molecule has 0 aliphatic rings. The number of unbranched alkanes of at least 4 members (excludes halogenated alkanes) is 3. The number of aliphatic hydroxyl groups excluding tert-OH is 2. The third-order valence-corrected chi connectivity index (χ3v) is 11.1. The number of amides is 2. The fraction of sp³-hybridized carbons (Fsp3) is 0.293. The Kier molecular flexibility index (Phi) is 13.4. The lowest BCUT2D eigenvalue weighted by Gasteiger charge is -2.18. The second kappa shape index (κ2) is 18.2. The van der Waals surface area contributed by atoms with Crippen molar-refractivity contribution in [2.75, 3.05) is 39.1 Å². The summed E-state index contributed by atoms with van der Waals surface area (Å²) in [5.74, 6) is -0.478. The molecular formula is C41H47N5O8S. The highest BCUT2D eigenvalue weighted by Gasteiger charge is 2.24. The Balaban J connectivity index is 1.21. The van der Waals surface area contributed by atoms with Crippen LogP contribution in [0.2, 0.25) is 0 Å². The molecule has 0 unspecified atom stereocenters. The predicted molar refractivity (Wildman–Crippen MR) is 210 cm³/mol. The van der Waals surface area contributed by atoms with E-state index >= 15 is 0 Å². The van der Waals surface area contributed by atoms with E-state index in [9.17, 15) is 33.3 Å². The van der Waals surface area contributed by atoms with Crippen molar-refractivity contribution in [2.45, 2.75) is 55.1 Å². The van der Waals surface area contributed by atoms with Crippen molar-refractivity contribution >= 4 is 43.9 Å². The van der Waals surface area contributed by atoms with Crippen molar-refractivity contribution < 1.29 is 38.1 Å². The van der Waals surface area contributed by atoms with E-state index in [1.54, 1.807) is 67.4 Å². The smallest absolute Gasteiger partial charge is 0.253 e. The molecule has 0 aliphatic carbocycles. The normalized spacial score (nSPS) is 12.0. The minimum atomic E-state index is -4.13. The van der Waals surface area contributed by atoms with E-state index in [0.717, 1.165) is 25.7 Å². The number of aromatic nitrogens is 1. The third-order valence-electron chi connectivity index (χ3n) is 9.38. The topological polar surface area (TPSA) is 204 Å². The number of methoxy groups -OCH3 is 1. The minimum absolute atomic E-state index is 0.0112. The zero-order chi connectivity index (χ0) is 39.7. The molecule has 0 aliphatic heterocycles. The van der Waals surface area contributed by atoms with Gasteiger partial charge in [-0.15, -0.1) is 0 Å². The summed E-state index contributed by atoms with van der Waals surface area (Å²) in [6.45, 7) is 2.93. The number of hydrogen-bond acceptors (Lipinski definition) is 11. The van der Waals surface area contributed by atoms with Crippen molar-refractivity contribution in [1.29, 1.82) is 0 Å². The number of phenols is 1. The molecule has 0 saturated carbocycles. The van der Waals surface area contributed by atoms with Gasteiger partial charge in [-0.05, 0) is 92.0 Å². The maximum Gasteiger partial charge on any atom is 0.253 e. The van der Waals surface area contributed by atoms with Gasteiger partial charge in [-0.25, -0.2) is 8.42 Å². The number of benzene rings is 4. The first-order chi connectivity index (χ1) is 26.3. The molecule has 1 atom stereocenters. The quantitative estimate of drug-likeness (QED) is 0.0625. The van der Waals surface area contributed by atoms with Crippen molar-refractivity contribution in [2.24, 2.45) is 5.73 Å². The Morgan fingerprint density at radius 3 is 2.47 bits per heavy atom. The molecule has 1 heterocycles. The lowest BCUT2D eigenvalue weighted by atomic mass is 10.1. The van der Waals surface area contributed by atoms with Gasteiger partial charge in [0.1, 0.15) is 11.5 Å². The van der Waals surface area contributed by atoms with E-state index in [1.807, 2.05) is 0 Å². The summed E-state index contributed by atoms with van der Waals surface area (Å²) in [5.41, 5.74) is 8.95. The maximum atomic E-state index is 14.1. The highest BCUT2D eigenvalue weighted by atomic mass is 32.2. The van der Waals surface area contributed by atoms with Crippen LogP contribution in [0.1, 0.15) is 69.2 Å². The lowest BCUT2D eigenvalue weighted by Crippen LogP contribution is -2.28. The second-order valence-electron chi connectivity index (χ2n) is 13.3. The van der Waals surface area contributed by atoms with Crippen LogP contribution in [0.15, 0.2) is 94.9 Å². The molecule has 13 nitrogen and oxygen atoms in total. The molecule has 7 N–H and O–H groups in total. The van der Waals surface area contributed by atoms with Gasteiger partial charge in [-0.1, -0.05) is 31.0 Å². The van der Waals surface area contributed by atoms with Crippen LogP contribution in [0.25, 0.3) is 10.9 Å². The zero-order valence-corrected chi connectivity index (χ0v) is 31.9. The second-order valence-corrected chi connectivity index (χ2v) is 15.3. The van der Waals surface area contributed by atoms with Gasteiger partial charge in [-0.2, -0.15) is 0 Å². The van der Waals surface area contributed by atoms with Crippen LogP contribution in [-0.2, 0) is 16.4 Å². The number of carbonyl (C=O) groups is 2. The average molecular weight is 770 g/mol. The predicted octanol–water partition coefficient (Wildman–Crippen LogP) is 5.38. The fourth-order valence-corrected chi connectivity index (χ4v) is 7.69. The zero-order valence-electron chi connectivity index (χ0n) is 31.1. The van der Waals surface area contributed by atoms with Crippen LogP contribution in [0.4, 0.5) is 11.4 Å². The Morgan fingerprint density at radius 2 is 1.73 bits per heavy atom. The number of aliphatic hydroxyl groups is 2. The molecule has 0 radical (unpaired) electrons. The molecule has 290 valence electrons. The molecule has 0 saturated heterocycles. The minimum Gasteiger partial charge on any atom is -0.508 e. The van der Waals surface area contributed by atoms with Gasteiger partial charge >= 0.3 is 0 Å². The van der Waals surface area contributed by atoms with E-state index < -0.39 is 21.8 Å². The van der Waals surface area contributed by atoms with Gasteiger partial charge in [0.25, 0.3) is 11.8 Å². The molecular weight excluding hydrogens is 723 g/mol. The van der Waals surface area contributed by atoms with Crippen LogP contribution in [-0.4, -0.2) is 79.2 Å². The Bertz CT molecular complexity index is 2280. The van der Waals surface area contributed by atoms with Crippen molar-refractivity contribution in [3.8, 4) is 11.5 Å². The van der Waals surface area contributed by atoms with Crippen LogP contribution in [0.5, 0.6) is 11.5 Å². The molecule has 0 bridgehead atoms. The van der Waals surface area contributed by atoms with Gasteiger partial charge < -0.3 is 41.3 Å². The fourth-order valence-electron chi connectivity index (χ4n) is 6.27. The van der Waals surface area contributed by atoms with E-state index in [1.165, 1.54) is 43.6 Å².